The maximum absolute atomic E-state index is 12.5. The van der Waals surface area contributed by atoms with E-state index in [1.807, 2.05) is 6.08 Å². The SMILES string of the molecule is CCCCCCC/C=C/C(O)C(COP(=O)(O)OCCN)NC(=O)CCCCCCCCCCCCCC. The van der Waals surface area contributed by atoms with Crippen LogP contribution in [-0.2, 0) is 18.4 Å². The van der Waals surface area contributed by atoms with E-state index >= 15 is 0 Å². The van der Waals surface area contributed by atoms with Gasteiger partial charge in [-0.25, -0.2) is 4.57 Å². The van der Waals surface area contributed by atoms with Gasteiger partial charge in [0.2, 0.25) is 5.91 Å². The molecule has 38 heavy (non-hydrogen) atoms. The van der Waals surface area contributed by atoms with Crippen LogP contribution in [0.1, 0.15) is 136 Å². The fraction of sp³-hybridized carbons (Fsp3) is 0.897. The number of aliphatic hydroxyl groups is 1. The van der Waals surface area contributed by atoms with Crippen molar-refractivity contribution in [3.63, 3.8) is 0 Å². The van der Waals surface area contributed by atoms with Gasteiger partial charge in [-0.15, -0.1) is 0 Å². The van der Waals surface area contributed by atoms with Crippen molar-refractivity contribution in [2.45, 2.75) is 148 Å². The minimum absolute atomic E-state index is 0.0801. The van der Waals surface area contributed by atoms with Gasteiger partial charge in [-0.05, 0) is 19.3 Å². The van der Waals surface area contributed by atoms with Crippen LogP contribution in [0.5, 0.6) is 0 Å². The molecule has 0 aliphatic heterocycles. The summed E-state index contributed by atoms with van der Waals surface area (Å²) in [5.74, 6) is -0.201. The summed E-state index contributed by atoms with van der Waals surface area (Å²) in [6.45, 7) is 4.04. The number of phosphoric acid groups is 1. The number of unbranched alkanes of at least 4 members (excludes halogenated alkanes) is 16. The number of phosphoric ester groups is 1. The number of rotatable bonds is 28. The normalized spacial score (nSPS) is 15.0. The molecule has 1 amide bonds. The van der Waals surface area contributed by atoms with Crippen molar-refractivity contribution < 1.29 is 28.4 Å². The lowest BCUT2D eigenvalue weighted by Crippen LogP contribution is -2.45. The second-order valence-electron chi connectivity index (χ2n) is 10.3. The van der Waals surface area contributed by atoms with Crippen LogP contribution in [0, 0.1) is 0 Å². The van der Waals surface area contributed by atoms with Crippen molar-refractivity contribution in [3.8, 4) is 0 Å². The Kier molecular flexibility index (Phi) is 25.9. The lowest BCUT2D eigenvalue weighted by Gasteiger charge is -2.23. The molecule has 9 heteroatoms. The lowest BCUT2D eigenvalue weighted by molar-refractivity contribution is -0.123. The summed E-state index contributed by atoms with van der Waals surface area (Å²) in [4.78, 5) is 22.3. The van der Waals surface area contributed by atoms with E-state index in [0.29, 0.717) is 6.42 Å². The first-order valence-corrected chi connectivity index (χ1v) is 16.8. The molecule has 3 unspecified atom stereocenters. The number of hydrogen-bond donors (Lipinski definition) is 4. The van der Waals surface area contributed by atoms with Crippen molar-refractivity contribution in [1.82, 2.24) is 5.32 Å². The number of amides is 1. The molecule has 0 heterocycles. The number of nitrogens with one attached hydrogen (secondary N) is 1. The number of aliphatic hydroxyl groups excluding tert-OH is 1. The summed E-state index contributed by atoms with van der Waals surface area (Å²) < 4.78 is 21.8. The maximum Gasteiger partial charge on any atom is 0.472 e. The molecule has 0 aromatic rings. The Bertz CT molecular complexity index is 620. The molecule has 0 spiro atoms. The smallest absolute Gasteiger partial charge is 0.387 e. The third-order valence-electron chi connectivity index (χ3n) is 6.61. The molecule has 0 fully saturated rings. The van der Waals surface area contributed by atoms with Gasteiger partial charge in [0.1, 0.15) is 0 Å². The van der Waals surface area contributed by atoms with Gasteiger partial charge in [-0.2, -0.15) is 0 Å². The van der Waals surface area contributed by atoms with Crippen molar-refractivity contribution in [2.75, 3.05) is 19.8 Å². The third kappa shape index (κ3) is 24.3. The van der Waals surface area contributed by atoms with Crippen LogP contribution in [0.25, 0.3) is 0 Å². The molecular formula is C29H59N2O6P. The summed E-state index contributed by atoms with van der Waals surface area (Å²) in [5.41, 5.74) is 5.31. The van der Waals surface area contributed by atoms with Gasteiger partial charge in [-0.3, -0.25) is 13.8 Å². The topological polar surface area (TPSA) is 131 Å². The predicted molar refractivity (Wildman–Crippen MR) is 157 cm³/mol. The molecular weight excluding hydrogens is 503 g/mol. The van der Waals surface area contributed by atoms with E-state index < -0.39 is 20.0 Å². The van der Waals surface area contributed by atoms with Gasteiger partial charge < -0.3 is 21.1 Å². The fourth-order valence-corrected chi connectivity index (χ4v) is 5.01. The van der Waals surface area contributed by atoms with E-state index in [4.69, 9.17) is 14.8 Å². The average Bonchev–Trinajstić information content (AvgIpc) is 2.89. The number of hydrogen-bond acceptors (Lipinski definition) is 6. The quantitative estimate of drug-likeness (QED) is 0.0462. The van der Waals surface area contributed by atoms with Crippen molar-refractivity contribution in [2.24, 2.45) is 5.73 Å². The molecule has 0 aliphatic carbocycles. The first kappa shape index (κ1) is 37.2. The monoisotopic (exact) mass is 562 g/mol. The lowest BCUT2D eigenvalue weighted by atomic mass is 10.0. The van der Waals surface area contributed by atoms with Crippen LogP contribution in [-0.4, -0.2) is 47.8 Å². The van der Waals surface area contributed by atoms with E-state index in [2.05, 4.69) is 19.2 Å². The van der Waals surface area contributed by atoms with Crippen LogP contribution in [0.2, 0.25) is 0 Å². The number of carbonyl (C=O) groups excluding carboxylic acids is 1. The molecule has 0 aliphatic rings. The molecule has 226 valence electrons. The minimum Gasteiger partial charge on any atom is -0.387 e. The Hall–Kier alpha value is -0.760. The standard InChI is InChI=1S/C29H59N2O6P/c1-3-5-7-9-11-12-13-14-15-17-19-21-23-29(33)31-27(26-37-38(34,35)36-25-24-30)28(32)22-20-18-16-10-8-6-4-2/h20,22,27-28,32H,3-19,21,23-26,30H2,1-2H3,(H,31,33)(H,34,35)/b22-20+. The highest BCUT2D eigenvalue weighted by atomic mass is 31.2. The highest BCUT2D eigenvalue weighted by Gasteiger charge is 2.26. The molecule has 0 saturated heterocycles. The summed E-state index contributed by atoms with van der Waals surface area (Å²) >= 11 is 0. The van der Waals surface area contributed by atoms with E-state index in [1.165, 1.54) is 77.0 Å². The van der Waals surface area contributed by atoms with Crippen molar-refractivity contribution >= 4 is 13.7 Å². The van der Waals surface area contributed by atoms with Gasteiger partial charge in [0.25, 0.3) is 0 Å². The first-order valence-electron chi connectivity index (χ1n) is 15.3. The number of nitrogens with two attached hydrogens (primary N) is 1. The zero-order valence-corrected chi connectivity index (χ0v) is 25.3. The molecule has 0 rings (SSSR count). The highest BCUT2D eigenvalue weighted by Crippen LogP contribution is 2.43. The van der Waals surface area contributed by atoms with E-state index in [-0.39, 0.29) is 25.7 Å². The molecule has 8 nitrogen and oxygen atoms in total. The fourth-order valence-electron chi connectivity index (χ4n) is 4.25. The summed E-state index contributed by atoms with van der Waals surface area (Å²) in [7, 11) is -4.31. The second kappa shape index (κ2) is 26.5. The molecule has 0 bridgehead atoms. The summed E-state index contributed by atoms with van der Waals surface area (Å²) in [5, 5.41) is 13.4. The average molecular weight is 563 g/mol. The van der Waals surface area contributed by atoms with Crippen molar-refractivity contribution in [1.29, 1.82) is 0 Å². The molecule has 0 aromatic heterocycles. The van der Waals surface area contributed by atoms with Gasteiger partial charge >= 0.3 is 7.82 Å². The Morgan fingerprint density at radius 2 is 1.34 bits per heavy atom. The van der Waals surface area contributed by atoms with Gasteiger partial charge in [0.15, 0.2) is 0 Å². The van der Waals surface area contributed by atoms with Gasteiger partial charge in [0, 0.05) is 13.0 Å². The van der Waals surface area contributed by atoms with E-state index in [0.717, 1.165) is 38.5 Å². The summed E-state index contributed by atoms with van der Waals surface area (Å²) in [6.07, 6.45) is 24.1. The Labute approximate surface area is 233 Å². The molecule has 5 N–H and O–H groups in total. The number of carbonyl (C=O) groups is 1. The molecule has 0 radical (unpaired) electrons. The minimum atomic E-state index is -4.31. The van der Waals surface area contributed by atoms with Crippen LogP contribution in [0.4, 0.5) is 0 Å². The van der Waals surface area contributed by atoms with Gasteiger partial charge in [0.05, 0.1) is 25.4 Å². The Balaban J connectivity index is 4.38. The van der Waals surface area contributed by atoms with E-state index in [9.17, 15) is 19.4 Å². The maximum atomic E-state index is 12.5. The molecule has 0 aromatic carbocycles. The predicted octanol–water partition coefficient (Wildman–Crippen LogP) is 6.93. The largest absolute Gasteiger partial charge is 0.472 e. The Morgan fingerprint density at radius 3 is 1.87 bits per heavy atom. The van der Waals surface area contributed by atoms with Gasteiger partial charge in [-0.1, -0.05) is 122 Å². The van der Waals surface area contributed by atoms with Crippen molar-refractivity contribution in [3.05, 3.63) is 12.2 Å². The van der Waals surface area contributed by atoms with Crippen LogP contribution in [0.15, 0.2) is 12.2 Å². The second-order valence-corrected chi connectivity index (χ2v) is 11.8. The summed E-state index contributed by atoms with van der Waals surface area (Å²) in [6, 6.07) is -0.849. The van der Waals surface area contributed by atoms with Crippen LogP contribution in [0.3, 0.4) is 0 Å². The molecule has 3 atom stereocenters. The first-order chi connectivity index (χ1) is 18.4. The zero-order valence-electron chi connectivity index (χ0n) is 24.4. The Morgan fingerprint density at radius 1 is 0.842 bits per heavy atom. The highest BCUT2D eigenvalue weighted by molar-refractivity contribution is 7.47. The van der Waals surface area contributed by atoms with Crippen LogP contribution < -0.4 is 11.1 Å². The van der Waals surface area contributed by atoms with E-state index in [1.54, 1.807) is 6.08 Å². The van der Waals surface area contributed by atoms with Crippen LogP contribution >= 0.6 is 7.82 Å². The number of allylic oxidation sites excluding steroid dienone is 1. The molecule has 0 saturated carbocycles. The zero-order chi connectivity index (χ0) is 28.3. The third-order valence-corrected chi connectivity index (χ3v) is 7.60.